The van der Waals surface area contributed by atoms with Gasteiger partial charge in [0.05, 0.1) is 7.11 Å². The quantitative estimate of drug-likeness (QED) is 0.818. The van der Waals surface area contributed by atoms with E-state index >= 15 is 0 Å². The van der Waals surface area contributed by atoms with Crippen molar-refractivity contribution in [3.63, 3.8) is 0 Å². The Morgan fingerprint density at radius 3 is 2.71 bits per heavy atom. The van der Waals surface area contributed by atoms with Gasteiger partial charge in [0.15, 0.2) is 0 Å². The van der Waals surface area contributed by atoms with Crippen molar-refractivity contribution in [1.29, 1.82) is 0 Å². The maximum atomic E-state index is 5.25. The largest absolute Gasteiger partial charge is 0.497 e. The molecule has 0 bridgehead atoms. The normalized spacial score (nSPS) is 10.7. The smallest absolute Gasteiger partial charge is 0.119 e. The topological polar surface area (TPSA) is 24.5 Å². The van der Waals surface area contributed by atoms with Crippen molar-refractivity contribution in [2.45, 2.75) is 6.54 Å². The fourth-order valence-corrected chi connectivity index (χ4v) is 2.57. The molecule has 112 valence electrons. The summed E-state index contributed by atoms with van der Waals surface area (Å²) in [6.45, 7) is 2.79. The Balaban J connectivity index is 1.79. The predicted octanol–water partition coefficient (Wildman–Crippen LogP) is 4.00. The van der Waals surface area contributed by atoms with E-state index < -0.39 is 0 Å². The number of benzene rings is 2. The number of hydrogen-bond donors (Lipinski definition) is 1. The number of methoxy groups -OCH3 is 1. The molecule has 0 aliphatic heterocycles. The lowest BCUT2D eigenvalue weighted by Crippen LogP contribution is -2.24. The molecular weight excluding hydrogens is 328 g/mol. The van der Waals surface area contributed by atoms with E-state index in [0.29, 0.717) is 0 Å². The van der Waals surface area contributed by atoms with Crippen LogP contribution in [0, 0.1) is 0 Å². The number of ether oxygens (including phenoxy) is 1. The summed E-state index contributed by atoms with van der Waals surface area (Å²) < 4.78 is 6.35. The summed E-state index contributed by atoms with van der Waals surface area (Å²) in [6.07, 6.45) is 0. The summed E-state index contributed by atoms with van der Waals surface area (Å²) in [5.74, 6) is 0.909. The van der Waals surface area contributed by atoms with E-state index in [1.54, 1.807) is 7.11 Å². The Kier molecular flexibility index (Phi) is 6.08. The summed E-state index contributed by atoms with van der Waals surface area (Å²) in [7, 11) is 3.83. The van der Waals surface area contributed by atoms with Crippen LogP contribution in [0.5, 0.6) is 5.75 Å². The molecule has 1 N–H and O–H groups in total. The molecule has 4 heteroatoms. The molecule has 0 spiro atoms. The highest BCUT2D eigenvalue weighted by atomic mass is 79.9. The molecule has 0 atom stereocenters. The van der Waals surface area contributed by atoms with Gasteiger partial charge in [-0.2, -0.15) is 0 Å². The molecule has 0 aliphatic rings. The van der Waals surface area contributed by atoms with Crippen LogP contribution in [0.4, 0.5) is 5.69 Å². The number of anilines is 1. The van der Waals surface area contributed by atoms with Crippen molar-refractivity contribution in [3.05, 3.63) is 58.6 Å². The lowest BCUT2D eigenvalue weighted by atomic mass is 10.2. The zero-order valence-corrected chi connectivity index (χ0v) is 14.1. The van der Waals surface area contributed by atoms with Crippen LogP contribution in [0.3, 0.4) is 0 Å². The fraction of sp³-hybridized carbons (Fsp3) is 0.294. The molecule has 2 aromatic rings. The number of hydrogen-bond acceptors (Lipinski definition) is 3. The van der Waals surface area contributed by atoms with E-state index in [9.17, 15) is 0 Å². The van der Waals surface area contributed by atoms with Crippen molar-refractivity contribution < 1.29 is 4.74 Å². The van der Waals surface area contributed by atoms with E-state index in [0.717, 1.165) is 35.5 Å². The van der Waals surface area contributed by atoms with Gasteiger partial charge < -0.3 is 15.0 Å². The van der Waals surface area contributed by atoms with Gasteiger partial charge in [-0.05, 0) is 52.8 Å². The molecule has 0 saturated carbocycles. The highest BCUT2D eigenvalue weighted by Crippen LogP contribution is 2.20. The first-order valence-electron chi connectivity index (χ1n) is 6.99. The Morgan fingerprint density at radius 2 is 1.95 bits per heavy atom. The number of nitrogens with zero attached hydrogens (tertiary/aromatic N) is 1. The molecule has 0 heterocycles. The Labute approximate surface area is 135 Å². The van der Waals surface area contributed by atoms with Crippen molar-refractivity contribution in [1.82, 2.24) is 4.90 Å². The van der Waals surface area contributed by atoms with E-state index in [1.807, 2.05) is 30.3 Å². The summed E-state index contributed by atoms with van der Waals surface area (Å²) in [5, 5.41) is 3.44. The second kappa shape index (κ2) is 8.05. The molecule has 0 aliphatic carbocycles. The van der Waals surface area contributed by atoms with Crippen molar-refractivity contribution in [2.24, 2.45) is 0 Å². The standard InChI is InChI=1S/C17H21BrN2O/c1-20(13-14-6-5-7-15(12-14)21-2)11-10-19-17-9-4-3-8-16(17)18/h3-9,12,19H,10-11,13H2,1-2H3. The lowest BCUT2D eigenvalue weighted by molar-refractivity contribution is 0.338. The predicted molar refractivity (Wildman–Crippen MR) is 92.0 cm³/mol. The van der Waals surface area contributed by atoms with Crippen LogP contribution in [0.1, 0.15) is 5.56 Å². The Hall–Kier alpha value is -1.52. The minimum atomic E-state index is 0.906. The molecule has 0 amide bonds. The maximum absolute atomic E-state index is 5.25. The van der Waals surface area contributed by atoms with Crippen LogP contribution in [-0.2, 0) is 6.54 Å². The van der Waals surface area contributed by atoms with Crippen LogP contribution >= 0.6 is 15.9 Å². The highest BCUT2D eigenvalue weighted by molar-refractivity contribution is 9.10. The van der Waals surface area contributed by atoms with Gasteiger partial charge in [-0.15, -0.1) is 0 Å². The molecule has 3 nitrogen and oxygen atoms in total. The zero-order valence-electron chi connectivity index (χ0n) is 12.5. The first-order chi connectivity index (χ1) is 10.2. The third-order valence-corrected chi connectivity index (χ3v) is 3.96. The average Bonchev–Trinajstić information content (AvgIpc) is 2.49. The second-order valence-corrected chi connectivity index (χ2v) is 5.85. The van der Waals surface area contributed by atoms with Gasteiger partial charge >= 0.3 is 0 Å². The molecule has 0 aromatic heterocycles. The number of likely N-dealkylation sites (N-methyl/N-ethyl adjacent to an activating group) is 1. The molecule has 0 radical (unpaired) electrons. The van der Waals surface area contributed by atoms with Crippen LogP contribution in [0.15, 0.2) is 53.0 Å². The van der Waals surface area contributed by atoms with Crippen LogP contribution in [-0.4, -0.2) is 32.1 Å². The maximum Gasteiger partial charge on any atom is 0.119 e. The summed E-state index contributed by atoms with van der Waals surface area (Å²) in [4.78, 5) is 2.29. The SMILES string of the molecule is COc1cccc(CN(C)CCNc2ccccc2Br)c1. The minimum absolute atomic E-state index is 0.906. The van der Waals surface area contributed by atoms with Gasteiger partial charge in [-0.3, -0.25) is 0 Å². The number of rotatable bonds is 7. The van der Waals surface area contributed by atoms with Crippen molar-refractivity contribution in [3.8, 4) is 5.75 Å². The third kappa shape index (κ3) is 5.06. The zero-order chi connectivity index (χ0) is 15.1. The van der Waals surface area contributed by atoms with Gasteiger partial charge in [0.1, 0.15) is 5.75 Å². The van der Waals surface area contributed by atoms with Crippen LogP contribution < -0.4 is 10.1 Å². The number of halogens is 1. The number of nitrogens with one attached hydrogen (secondary N) is 1. The molecule has 2 aromatic carbocycles. The molecular formula is C17H21BrN2O. The first kappa shape index (κ1) is 15.9. The van der Waals surface area contributed by atoms with Crippen molar-refractivity contribution in [2.75, 3.05) is 32.6 Å². The third-order valence-electron chi connectivity index (χ3n) is 3.27. The second-order valence-electron chi connectivity index (χ2n) is 5.00. The van der Waals surface area contributed by atoms with Gasteiger partial charge in [0, 0.05) is 29.8 Å². The molecule has 0 unspecified atom stereocenters. The van der Waals surface area contributed by atoms with Gasteiger partial charge in [-0.1, -0.05) is 24.3 Å². The van der Waals surface area contributed by atoms with Gasteiger partial charge in [0.2, 0.25) is 0 Å². The molecule has 2 rings (SSSR count). The Bertz CT molecular complexity index is 574. The highest BCUT2D eigenvalue weighted by Gasteiger charge is 2.02. The van der Waals surface area contributed by atoms with E-state index in [-0.39, 0.29) is 0 Å². The molecule has 0 fully saturated rings. The lowest BCUT2D eigenvalue weighted by Gasteiger charge is -2.18. The Morgan fingerprint density at radius 1 is 1.14 bits per heavy atom. The van der Waals surface area contributed by atoms with Crippen molar-refractivity contribution >= 4 is 21.6 Å². The van der Waals surface area contributed by atoms with E-state index in [1.165, 1.54) is 5.56 Å². The average molecular weight is 349 g/mol. The summed E-state index contributed by atoms with van der Waals surface area (Å²) in [6, 6.07) is 16.4. The number of para-hydroxylation sites is 1. The molecule has 21 heavy (non-hydrogen) atoms. The van der Waals surface area contributed by atoms with Crippen LogP contribution in [0.25, 0.3) is 0 Å². The van der Waals surface area contributed by atoms with E-state index in [2.05, 4.69) is 51.4 Å². The van der Waals surface area contributed by atoms with Gasteiger partial charge in [0.25, 0.3) is 0 Å². The van der Waals surface area contributed by atoms with Crippen LogP contribution in [0.2, 0.25) is 0 Å². The minimum Gasteiger partial charge on any atom is -0.497 e. The summed E-state index contributed by atoms with van der Waals surface area (Å²) >= 11 is 3.54. The first-order valence-corrected chi connectivity index (χ1v) is 7.78. The monoisotopic (exact) mass is 348 g/mol. The molecule has 0 saturated heterocycles. The van der Waals surface area contributed by atoms with E-state index in [4.69, 9.17) is 4.74 Å². The summed E-state index contributed by atoms with van der Waals surface area (Å²) in [5.41, 5.74) is 2.39. The van der Waals surface area contributed by atoms with Gasteiger partial charge in [-0.25, -0.2) is 0 Å². The fourth-order valence-electron chi connectivity index (χ4n) is 2.15.